The number of rotatable bonds is 5. The minimum atomic E-state index is -0.0170. The molecule has 0 unspecified atom stereocenters. The molecule has 1 aromatic carbocycles. The Balaban J connectivity index is 2.01. The van der Waals surface area contributed by atoms with Crippen LogP contribution < -0.4 is 10.6 Å². The summed E-state index contributed by atoms with van der Waals surface area (Å²) in [6.45, 7) is 4.69. The summed E-state index contributed by atoms with van der Waals surface area (Å²) >= 11 is 1.76. The van der Waals surface area contributed by atoms with Crippen molar-refractivity contribution in [1.82, 2.24) is 5.32 Å². The highest BCUT2D eigenvalue weighted by molar-refractivity contribution is 7.11. The smallest absolute Gasteiger partial charge is 0.251 e. The zero-order valence-corrected chi connectivity index (χ0v) is 12.9. The summed E-state index contributed by atoms with van der Waals surface area (Å²) in [7, 11) is 1.87. The van der Waals surface area contributed by atoms with Gasteiger partial charge >= 0.3 is 0 Å². The van der Waals surface area contributed by atoms with Crippen molar-refractivity contribution in [3.63, 3.8) is 0 Å². The Morgan fingerprint density at radius 2 is 1.95 bits per heavy atom. The standard InChI is InChI=1S/C16H20N2OS/c1-4-13-6-7-14(20-13)10-18-16(19)15-8-5-12(17-3)9-11(15)2/h5-9,17H,4,10H2,1-3H3,(H,18,19). The lowest BCUT2D eigenvalue weighted by Gasteiger charge is -2.08. The molecule has 0 radical (unpaired) electrons. The first-order valence-electron chi connectivity index (χ1n) is 6.78. The molecule has 0 saturated heterocycles. The van der Waals surface area contributed by atoms with E-state index in [9.17, 15) is 4.79 Å². The number of carbonyl (C=O) groups excluding carboxylic acids is 1. The first-order chi connectivity index (χ1) is 9.63. The minimum absolute atomic E-state index is 0.0170. The predicted octanol–water partition coefficient (Wildman–Crippen LogP) is 3.59. The normalized spacial score (nSPS) is 10.3. The van der Waals surface area contributed by atoms with E-state index >= 15 is 0 Å². The van der Waals surface area contributed by atoms with Crippen molar-refractivity contribution in [3.05, 3.63) is 51.2 Å². The number of aryl methyl sites for hydroxylation is 2. The van der Waals surface area contributed by atoms with Crippen molar-refractivity contribution >= 4 is 22.9 Å². The van der Waals surface area contributed by atoms with Crippen LogP contribution in [-0.2, 0) is 13.0 Å². The Morgan fingerprint density at radius 3 is 2.55 bits per heavy atom. The highest BCUT2D eigenvalue weighted by Gasteiger charge is 2.09. The van der Waals surface area contributed by atoms with Gasteiger partial charge in [0.1, 0.15) is 0 Å². The molecule has 0 aliphatic carbocycles. The van der Waals surface area contributed by atoms with Crippen LogP contribution in [0.3, 0.4) is 0 Å². The van der Waals surface area contributed by atoms with Crippen LogP contribution in [0.5, 0.6) is 0 Å². The Morgan fingerprint density at radius 1 is 1.20 bits per heavy atom. The molecule has 0 aliphatic rings. The lowest BCUT2D eigenvalue weighted by molar-refractivity contribution is 0.0950. The SMILES string of the molecule is CCc1ccc(CNC(=O)c2ccc(NC)cc2C)s1. The fourth-order valence-corrected chi connectivity index (χ4v) is 2.94. The van der Waals surface area contributed by atoms with Gasteiger partial charge in [-0.2, -0.15) is 0 Å². The largest absolute Gasteiger partial charge is 0.388 e. The van der Waals surface area contributed by atoms with Crippen LogP contribution in [0.1, 0.15) is 32.6 Å². The van der Waals surface area contributed by atoms with Gasteiger partial charge in [0.05, 0.1) is 6.54 Å². The molecule has 2 rings (SSSR count). The van der Waals surface area contributed by atoms with Gasteiger partial charge in [-0.15, -0.1) is 11.3 Å². The Kier molecular flexibility index (Phi) is 4.79. The van der Waals surface area contributed by atoms with Crippen molar-refractivity contribution < 1.29 is 4.79 Å². The molecule has 1 aromatic heterocycles. The summed E-state index contributed by atoms with van der Waals surface area (Å²) in [5, 5.41) is 6.05. The predicted molar refractivity (Wildman–Crippen MR) is 85.6 cm³/mol. The zero-order valence-electron chi connectivity index (χ0n) is 12.1. The van der Waals surface area contributed by atoms with Crippen LogP contribution in [0.15, 0.2) is 30.3 Å². The number of anilines is 1. The quantitative estimate of drug-likeness (QED) is 0.882. The highest BCUT2D eigenvalue weighted by Crippen LogP contribution is 2.18. The second-order valence-corrected chi connectivity index (χ2v) is 5.94. The lowest BCUT2D eigenvalue weighted by Crippen LogP contribution is -2.23. The van der Waals surface area contributed by atoms with Gasteiger partial charge in [-0.3, -0.25) is 4.79 Å². The molecule has 0 aliphatic heterocycles. The van der Waals surface area contributed by atoms with Gasteiger partial charge in [-0.25, -0.2) is 0 Å². The second-order valence-electron chi connectivity index (χ2n) is 4.68. The van der Waals surface area contributed by atoms with Crippen LogP contribution in [-0.4, -0.2) is 13.0 Å². The number of carbonyl (C=O) groups is 1. The highest BCUT2D eigenvalue weighted by atomic mass is 32.1. The van der Waals surface area contributed by atoms with Crippen LogP contribution in [0, 0.1) is 6.92 Å². The number of benzene rings is 1. The summed E-state index contributed by atoms with van der Waals surface area (Å²) in [4.78, 5) is 14.7. The zero-order chi connectivity index (χ0) is 14.5. The topological polar surface area (TPSA) is 41.1 Å². The van der Waals surface area contributed by atoms with Gasteiger partial charge in [0, 0.05) is 28.1 Å². The Hall–Kier alpha value is -1.81. The first kappa shape index (κ1) is 14.6. The molecule has 2 aromatic rings. The van der Waals surface area contributed by atoms with E-state index in [4.69, 9.17) is 0 Å². The van der Waals surface area contributed by atoms with Crippen LogP contribution in [0.25, 0.3) is 0 Å². The van der Waals surface area contributed by atoms with Gasteiger partial charge in [0.2, 0.25) is 0 Å². The molecular formula is C16H20N2OS. The van der Waals surface area contributed by atoms with Gasteiger partial charge in [-0.1, -0.05) is 6.92 Å². The molecule has 2 N–H and O–H groups in total. The second kappa shape index (κ2) is 6.57. The Bertz CT molecular complexity index is 604. The molecule has 4 heteroatoms. The molecule has 1 heterocycles. The van der Waals surface area contributed by atoms with Gasteiger partial charge in [-0.05, 0) is 49.2 Å². The van der Waals surface area contributed by atoms with E-state index in [2.05, 4.69) is 29.7 Å². The first-order valence-corrected chi connectivity index (χ1v) is 7.60. The van der Waals surface area contributed by atoms with Crippen LogP contribution >= 0.6 is 11.3 Å². The summed E-state index contributed by atoms with van der Waals surface area (Å²) in [5.41, 5.74) is 2.73. The monoisotopic (exact) mass is 288 g/mol. The van der Waals surface area contributed by atoms with E-state index in [1.165, 1.54) is 9.75 Å². The summed E-state index contributed by atoms with van der Waals surface area (Å²) in [6, 6.07) is 9.97. The van der Waals surface area contributed by atoms with Crippen LogP contribution in [0.4, 0.5) is 5.69 Å². The maximum absolute atomic E-state index is 12.2. The van der Waals surface area contributed by atoms with Crippen molar-refractivity contribution in [2.24, 2.45) is 0 Å². The number of hydrogen-bond donors (Lipinski definition) is 2. The molecular weight excluding hydrogens is 268 g/mol. The fraction of sp³-hybridized carbons (Fsp3) is 0.312. The molecule has 0 spiro atoms. The molecule has 3 nitrogen and oxygen atoms in total. The van der Waals surface area contributed by atoms with E-state index in [1.807, 2.05) is 32.2 Å². The van der Waals surface area contributed by atoms with E-state index < -0.39 is 0 Å². The maximum Gasteiger partial charge on any atom is 0.251 e. The summed E-state index contributed by atoms with van der Waals surface area (Å²) in [5.74, 6) is -0.0170. The third-order valence-electron chi connectivity index (χ3n) is 3.25. The molecule has 0 atom stereocenters. The van der Waals surface area contributed by atoms with Gasteiger partial charge in [0.15, 0.2) is 0 Å². The third kappa shape index (κ3) is 3.39. The van der Waals surface area contributed by atoms with Crippen molar-refractivity contribution in [3.8, 4) is 0 Å². The number of hydrogen-bond acceptors (Lipinski definition) is 3. The minimum Gasteiger partial charge on any atom is -0.388 e. The molecule has 1 amide bonds. The fourth-order valence-electron chi connectivity index (χ4n) is 2.04. The molecule has 106 valence electrons. The number of amides is 1. The van der Waals surface area contributed by atoms with Gasteiger partial charge < -0.3 is 10.6 Å². The molecule has 20 heavy (non-hydrogen) atoms. The lowest BCUT2D eigenvalue weighted by atomic mass is 10.1. The average molecular weight is 288 g/mol. The summed E-state index contributed by atoms with van der Waals surface area (Å²) in [6.07, 6.45) is 1.04. The van der Waals surface area contributed by atoms with Crippen molar-refractivity contribution in [2.75, 3.05) is 12.4 Å². The van der Waals surface area contributed by atoms with E-state index in [1.54, 1.807) is 11.3 Å². The number of thiophene rings is 1. The third-order valence-corrected chi connectivity index (χ3v) is 4.48. The van der Waals surface area contributed by atoms with E-state index in [0.717, 1.165) is 23.2 Å². The molecule has 0 bridgehead atoms. The van der Waals surface area contributed by atoms with Gasteiger partial charge in [0.25, 0.3) is 5.91 Å². The number of nitrogens with one attached hydrogen (secondary N) is 2. The Labute approximate surface area is 124 Å². The average Bonchev–Trinajstić information content (AvgIpc) is 2.92. The van der Waals surface area contributed by atoms with E-state index in [0.29, 0.717) is 6.54 Å². The molecule has 0 saturated carbocycles. The van der Waals surface area contributed by atoms with Crippen molar-refractivity contribution in [2.45, 2.75) is 26.8 Å². The maximum atomic E-state index is 12.2. The van der Waals surface area contributed by atoms with Crippen molar-refractivity contribution in [1.29, 1.82) is 0 Å². The summed E-state index contributed by atoms with van der Waals surface area (Å²) < 4.78 is 0. The van der Waals surface area contributed by atoms with Crippen LogP contribution in [0.2, 0.25) is 0 Å². The van der Waals surface area contributed by atoms with E-state index in [-0.39, 0.29) is 5.91 Å². The molecule has 0 fully saturated rings.